The monoisotopic (exact) mass is 336 g/mol. The SMILES string of the molecule is Clc1ccc(Oc2nc3ccsc3c3nncn23)c(Cl)c1. The van der Waals surface area contributed by atoms with E-state index < -0.39 is 0 Å². The largest absolute Gasteiger partial charge is 0.424 e. The van der Waals surface area contributed by atoms with Gasteiger partial charge in [-0.15, -0.1) is 21.5 Å². The molecular weight excluding hydrogens is 331 g/mol. The molecule has 3 aromatic heterocycles. The lowest BCUT2D eigenvalue weighted by molar-refractivity contribution is 0.437. The number of fused-ring (bicyclic) bond motifs is 3. The van der Waals surface area contributed by atoms with Gasteiger partial charge in [-0.1, -0.05) is 23.2 Å². The summed E-state index contributed by atoms with van der Waals surface area (Å²) in [6.45, 7) is 0. The first-order valence-electron chi connectivity index (χ1n) is 5.92. The molecule has 0 aliphatic carbocycles. The van der Waals surface area contributed by atoms with Crippen molar-refractivity contribution in [2.24, 2.45) is 0 Å². The zero-order chi connectivity index (χ0) is 14.4. The fourth-order valence-electron chi connectivity index (χ4n) is 1.97. The Morgan fingerprint density at radius 3 is 2.95 bits per heavy atom. The summed E-state index contributed by atoms with van der Waals surface area (Å²) in [6.07, 6.45) is 1.56. The topological polar surface area (TPSA) is 52.3 Å². The molecule has 0 saturated heterocycles. The van der Waals surface area contributed by atoms with E-state index in [9.17, 15) is 0 Å². The molecule has 0 aliphatic heterocycles. The number of hydrogen-bond donors (Lipinski definition) is 0. The summed E-state index contributed by atoms with van der Waals surface area (Å²) in [5, 5.41) is 10.9. The van der Waals surface area contributed by atoms with Crippen LogP contribution in [0.1, 0.15) is 0 Å². The molecule has 4 rings (SSSR count). The lowest BCUT2D eigenvalue weighted by Crippen LogP contribution is -1.97. The van der Waals surface area contributed by atoms with Crippen molar-refractivity contribution in [1.29, 1.82) is 0 Å². The van der Waals surface area contributed by atoms with Crippen molar-refractivity contribution >= 4 is 50.4 Å². The second-order valence-electron chi connectivity index (χ2n) is 4.23. The highest BCUT2D eigenvalue weighted by Crippen LogP contribution is 2.33. The Morgan fingerprint density at radius 1 is 1.19 bits per heavy atom. The van der Waals surface area contributed by atoms with E-state index in [-0.39, 0.29) is 0 Å². The van der Waals surface area contributed by atoms with Gasteiger partial charge < -0.3 is 4.74 Å². The van der Waals surface area contributed by atoms with Gasteiger partial charge in [-0.2, -0.15) is 4.98 Å². The van der Waals surface area contributed by atoms with Gasteiger partial charge in [0, 0.05) is 5.02 Å². The van der Waals surface area contributed by atoms with Crippen molar-refractivity contribution in [1.82, 2.24) is 19.6 Å². The van der Waals surface area contributed by atoms with Crippen LogP contribution in [0.4, 0.5) is 0 Å². The molecule has 8 heteroatoms. The van der Waals surface area contributed by atoms with Crippen LogP contribution in [0.25, 0.3) is 15.9 Å². The maximum absolute atomic E-state index is 6.13. The van der Waals surface area contributed by atoms with Crippen LogP contribution in [-0.4, -0.2) is 19.6 Å². The average molecular weight is 337 g/mol. The average Bonchev–Trinajstić information content (AvgIpc) is 3.09. The number of rotatable bonds is 2. The van der Waals surface area contributed by atoms with Crippen molar-refractivity contribution in [3.8, 4) is 11.8 Å². The third-order valence-electron chi connectivity index (χ3n) is 2.91. The molecule has 5 nitrogen and oxygen atoms in total. The van der Waals surface area contributed by atoms with E-state index in [4.69, 9.17) is 27.9 Å². The molecule has 0 bridgehead atoms. The van der Waals surface area contributed by atoms with Crippen molar-refractivity contribution in [3.05, 3.63) is 46.0 Å². The van der Waals surface area contributed by atoms with Crippen LogP contribution in [0.3, 0.4) is 0 Å². The molecule has 0 amide bonds. The molecule has 0 saturated carbocycles. The van der Waals surface area contributed by atoms with E-state index >= 15 is 0 Å². The summed E-state index contributed by atoms with van der Waals surface area (Å²) in [5.41, 5.74) is 1.51. The number of hydrogen-bond acceptors (Lipinski definition) is 5. The van der Waals surface area contributed by atoms with E-state index in [1.54, 1.807) is 40.3 Å². The van der Waals surface area contributed by atoms with Crippen molar-refractivity contribution < 1.29 is 4.74 Å². The Balaban J connectivity index is 1.90. The summed E-state index contributed by atoms with van der Waals surface area (Å²) in [7, 11) is 0. The van der Waals surface area contributed by atoms with Crippen LogP contribution >= 0.6 is 34.5 Å². The van der Waals surface area contributed by atoms with Gasteiger partial charge in [0.2, 0.25) is 0 Å². The third kappa shape index (κ3) is 2.12. The Morgan fingerprint density at radius 2 is 2.10 bits per heavy atom. The maximum atomic E-state index is 6.13. The van der Waals surface area contributed by atoms with E-state index in [0.717, 1.165) is 10.2 Å². The summed E-state index contributed by atoms with van der Waals surface area (Å²) in [5.74, 6) is 0.471. The van der Waals surface area contributed by atoms with Crippen molar-refractivity contribution in [2.45, 2.75) is 0 Å². The Kier molecular flexibility index (Phi) is 2.95. The van der Waals surface area contributed by atoms with E-state index in [1.165, 1.54) is 0 Å². The number of benzene rings is 1. The van der Waals surface area contributed by atoms with Crippen LogP contribution in [0.2, 0.25) is 10.0 Å². The molecule has 0 N–H and O–H groups in total. The van der Waals surface area contributed by atoms with Gasteiger partial charge >= 0.3 is 6.01 Å². The smallest absolute Gasteiger partial charge is 0.309 e. The normalized spacial score (nSPS) is 11.3. The predicted molar refractivity (Wildman–Crippen MR) is 82.7 cm³/mol. The van der Waals surface area contributed by atoms with E-state index in [1.807, 2.05) is 11.4 Å². The minimum atomic E-state index is 0.352. The quantitative estimate of drug-likeness (QED) is 0.543. The predicted octanol–water partition coefficient (Wildman–Crippen LogP) is 4.44. The van der Waals surface area contributed by atoms with Crippen LogP contribution in [-0.2, 0) is 0 Å². The van der Waals surface area contributed by atoms with Crippen molar-refractivity contribution in [2.75, 3.05) is 0 Å². The van der Waals surface area contributed by atoms with E-state index in [2.05, 4.69) is 15.2 Å². The molecule has 0 radical (unpaired) electrons. The second-order valence-corrected chi connectivity index (χ2v) is 5.99. The zero-order valence-corrected chi connectivity index (χ0v) is 12.7. The minimum Gasteiger partial charge on any atom is -0.424 e. The summed E-state index contributed by atoms with van der Waals surface area (Å²) < 4.78 is 8.44. The number of ether oxygens (including phenoxy) is 1. The fourth-order valence-corrected chi connectivity index (χ4v) is 3.23. The van der Waals surface area contributed by atoms with Gasteiger partial charge in [-0.3, -0.25) is 0 Å². The molecule has 0 unspecified atom stereocenters. The lowest BCUT2D eigenvalue weighted by atomic mass is 10.3. The number of nitrogens with zero attached hydrogens (tertiary/aromatic N) is 4. The first-order valence-corrected chi connectivity index (χ1v) is 7.56. The van der Waals surface area contributed by atoms with Crippen LogP contribution in [0, 0.1) is 0 Å². The highest BCUT2D eigenvalue weighted by atomic mass is 35.5. The fraction of sp³-hybridized carbons (Fsp3) is 0. The molecule has 0 fully saturated rings. The highest BCUT2D eigenvalue weighted by molar-refractivity contribution is 7.17. The molecule has 104 valence electrons. The second kappa shape index (κ2) is 4.84. The molecular formula is C13H6Cl2N4OS. The number of aromatic nitrogens is 4. The Labute approximate surface area is 132 Å². The standard InChI is InChI=1S/C13H6Cl2N4OS/c14-7-1-2-10(8(15)5-7)20-13-17-9-3-4-21-11(9)12-18-16-6-19(12)13/h1-6H. The first-order chi connectivity index (χ1) is 10.2. The Hall–Kier alpha value is -1.89. The first kappa shape index (κ1) is 12.8. The minimum absolute atomic E-state index is 0.352. The van der Waals surface area contributed by atoms with Crippen molar-refractivity contribution in [3.63, 3.8) is 0 Å². The molecule has 1 aromatic carbocycles. The third-order valence-corrected chi connectivity index (χ3v) is 4.34. The maximum Gasteiger partial charge on any atom is 0.309 e. The van der Waals surface area contributed by atoms with Gasteiger partial charge in [0.1, 0.15) is 12.1 Å². The van der Waals surface area contributed by atoms with Crippen LogP contribution < -0.4 is 4.74 Å². The summed E-state index contributed by atoms with van der Waals surface area (Å²) in [4.78, 5) is 4.47. The van der Waals surface area contributed by atoms with Gasteiger partial charge in [0.05, 0.1) is 15.2 Å². The zero-order valence-electron chi connectivity index (χ0n) is 10.3. The number of thiophene rings is 1. The molecule has 4 aromatic rings. The molecule has 0 aliphatic rings. The van der Waals surface area contributed by atoms with Gasteiger partial charge in [0.15, 0.2) is 5.65 Å². The molecule has 21 heavy (non-hydrogen) atoms. The lowest BCUT2D eigenvalue weighted by Gasteiger charge is -2.08. The number of halogens is 2. The van der Waals surface area contributed by atoms with Gasteiger partial charge in [-0.05, 0) is 29.6 Å². The van der Waals surface area contributed by atoms with E-state index in [0.29, 0.717) is 27.5 Å². The molecule has 3 heterocycles. The van der Waals surface area contributed by atoms with Gasteiger partial charge in [0.25, 0.3) is 0 Å². The van der Waals surface area contributed by atoms with Crippen LogP contribution in [0.5, 0.6) is 11.8 Å². The summed E-state index contributed by atoms with van der Waals surface area (Å²) in [6, 6.07) is 7.27. The highest BCUT2D eigenvalue weighted by Gasteiger charge is 2.14. The molecule has 0 atom stereocenters. The van der Waals surface area contributed by atoms with Crippen LogP contribution in [0.15, 0.2) is 36.0 Å². The van der Waals surface area contributed by atoms with Gasteiger partial charge in [-0.25, -0.2) is 4.40 Å². The molecule has 0 spiro atoms. The Bertz CT molecular complexity index is 965. The summed E-state index contributed by atoms with van der Waals surface area (Å²) >= 11 is 13.6.